The van der Waals surface area contributed by atoms with Crippen LogP contribution >= 0.6 is 0 Å². The maximum atomic E-state index is 11.7. The van der Waals surface area contributed by atoms with Crippen LogP contribution in [0.1, 0.15) is 24.9 Å². The SMILES string of the molecule is CCCNCC(=O)N(C)Cc1ccc(C)o1. The number of nitrogens with zero attached hydrogens (tertiary/aromatic N) is 1. The number of carbonyl (C=O) groups is 1. The van der Waals surface area contributed by atoms with Gasteiger partial charge in [-0.05, 0) is 32.0 Å². The third kappa shape index (κ3) is 4.06. The van der Waals surface area contributed by atoms with Gasteiger partial charge in [-0.3, -0.25) is 4.79 Å². The normalized spacial score (nSPS) is 10.4. The first-order valence-electron chi connectivity index (χ1n) is 5.63. The number of rotatable bonds is 6. The van der Waals surface area contributed by atoms with Crippen molar-refractivity contribution >= 4 is 5.91 Å². The van der Waals surface area contributed by atoms with Crippen LogP contribution in [0.15, 0.2) is 16.5 Å². The van der Waals surface area contributed by atoms with Gasteiger partial charge in [-0.2, -0.15) is 0 Å². The largest absolute Gasteiger partial charge is 0.464 e. The van der Waals surface area contributed by atoms with E-state index in [2.05, 4.69) is 12.2 Å². The molecule has 0 atom stereocenters. The van der Waals surface area contributed by atoms with E-state index in [-0.39, 0.29) is 5.91 Å². The molecule has 1 rings (SSSR count). The van der Waals surface area contributed by atoms with Gasteiger partial charge in [0.1, 0.15) is 11.5 Å². The smallest absolute Gasteiger partial charge is 0.236 e. The summed E-state index contributed by atoms with van der Waals surface area (Å²) >= 11 is 0. The number of aryl methyl sites for hydroxylation is 1. The Balaban J connectivity index is 2.34. The minimum Gasteiger partial charge on any atom is -0.464 e. The van der Waals surface area contributed by atoms with E-state index in [1.807, 2.05) is 19.1 Å². The Kier molecular flexibility index (Phi) is 5.05. The lowest BCUT2D eigenvalue weighted by molar-refractivity contribution is -0.129. The summed E-state index contributed by atoms with van der Waals surface area (Å²) in [5, 5.41) is 3.08. The van der Waals surface area contributed by atoms with E-state index in [0.29, 0.717) is 13.1 Å². The topological polar surface area (TPSA) is 45.5 Å². The highest BCUT2D eigenvalue weighted by atomic mass is 16.3. The van der Waals surface area contributed by atoms with Gasteiger partial charge in [-0.1, -0.05) is 6.92 Å². The van der Waals surface area contributed by atoms with E-state index in [1.54, 1.807) is 11.9 Å². The molecule has 0 saturated heterocycles. The number of hydrogen-bond donors (Lipinski definition) is 1. The zero-order valence-corrected chi connectivity index (χ0v) is 10.2. The van der Waals surface area contributed by atoms with Gasteiger partial charge < -0.3 is 14.6 Å². The molecule has 0 aliphatic rings. The quantitative estimate of drug-likeness (QED) is 0.746. The second-order valence-corrected chi connectivity index (χ2v) is 3.94. The Morgan fingerprint density at radius 3 is 2.81 bits per heavy atom. The summed E-state index contributed by atoms with van der Waals surface area (Å²) < 4.78 is 5.42. The molecule has 1 N–H and O–H groups in total. The fourth-order valence-corrected chi connectivity index (χ4v) is 1.40. The monoisotopic (exact) mass is 224 g/mol. The second kappa shape index (κ2) is 6.33. The molecule has 1 amide bonds. The summed E-state index contributed by atoms with van der Waals surface area (Å²) in [6.07, 6.45) is 1.04. The molecule has 0 aromatic carbocycles. The lowest BCUT2D eigenvalue weighted by Gasteiger charge is -2.15. The number of amides is 1. The van der Waals surface area contributed by atoms with Crippen LogP contribution in [0.5, 0.6) is 0 Å². The number of furan rings is 1. The molecule has 1 aromatic rings. The molecule has 0 aliphatic heterocycles. The lowest BCUT2D eigenvalue weighted by atomic mass is 10.4. The fraction of sp³-hybridized carbons (Fsp3) is 0.583. The van der Waals surface area contributed by atoms with Gasteiger partial charge in [0.25, 0.3) is 0 Å². The van der Waals surface area contributed by atoms with Crippen LogP contribution in [0.25, 0.3) is 0 Å². The Morgan fingerprint density at radius 2 is 2.25 bits per heavy atom. The maximum Gasteiger partial charge on any atom is 0.236 e. The van der Waals surface area contributed by atoms with Gasteiger partial charge in [-0.15, -0.1) is 0 Å². The van der Waals surface area contributed by atoms with Crippen LogP contribution in [0.3, 0.4) is 0 Å². The molecule has 90 valence electrons. The van der Waals surface area contributed by atoms with Crippen molar-refractivity contribution in [2.75, 3.05) is 20.1 Å². The molecule has 0 radical (unpaired) electrons. The minimum absolute atomic E-state index is 0.0857. The van der Waals surface area contributed by atoms with Crippen molar-refractivity contribution in [3.63, 3.8) is 0 Å². The van der Waals surface area contributed by atoms with Crippen molar-refractivity contribution in [3.8, 4) is 0 Å². The third-order valence-electron chi connectivity index (χ3n) is 2.32. The molecule has 16 heavy (non-hydrogen) atoms. The van der Waals surface area contributed by atoms with E-state index < -0.39 is 0 Å². The van der Waals surface area contributed by atoms with Crippen molar-refractivity contribution < 1.29 is 9.21 Å². The van der Waals surface area contributed by atoms with E-state index in [9.17, 15) is 4.79 Å². The van der Waals surface area contributed by atoms with Crippen LogP contribution in [-0.2, 0) is 11.3 Å². The van der Waals surface area contributed by atoms with E-state index in [0.717, 1.165) is 24.5 Å². The highest BCUT2D eigenvalue weighted by Crippen LogP contribution is 2.08. The molecule has 4 nitrogen and oxygen atoms in total. The fourth-order valence-electron chi connectivity index (χ4n) is 1.40. The zero-order chi connectivity index (χ0) is 12.0. The van der Waals surface area contributed by atoms with Crippen LogP contribution < -0.4 is 5.32 Å². The summed E-state index contributed by atoms with van der Waals surface area (Å²) in [6.45, 7) is 5.77. The molecule has 0 saturated carbocycles. The Bertz CT molecular complexity index is 334. The highest BCUT2D eigenvalue weighted by molar-refractivity contribution is 5.77. The number of carbonyl (C=O) groups excluding carboxylic acids is 1. The minimum atomic E-state index is 0.0857. The average molecular weight is 224 g/mol. The summed E-state index contributed by atoms with van der Waals surface area (Å²) in [7, 11) is 1.79. The van der Waals surface area contributed by atoms with Gasteiger partial charge >= 0.3 is 0 Å². The Hall–Kier alpha value is -1.29. The summed E-state index contributed by atoms with van der Waals surface area (Å²) in [4.78, 5) is 13.3. The molecule has 0 unspecified atom stereocenters. The highest BCUT2D eigenvalue weighted by Gasteiger charge is 2.10. The molecule has 0 fully saturated rings. The molecule has 0 bridgehead atoms. The molecule has 0 aliphatic carbocycles. The molecular weight excluding hydrogens is 204 g/mol. The molecule has 4 heteroatoms. The van der Waals surface area contributed by atoms with Crippen molar-refractivity contribution in [2.45, 2.75) is 26.8 Å². The standard InChI is InChI=1S/C12H20N2O2/c1-4-7-13-8-12(15)14(3)9-11-6-5-10(2)16-11/h5-6,13H,4,7-9H2,1-3H3. The molecule has 0 spiro atoms. The summed E-state index contributed by atoms with van der Waals surface area (Å²) in [6, 6.07) is 3.81. The molecule has 1 aromatic heterocycles. The maximum absolute atomic E-state index is 11.7. The number of hydrogen-bond acceptors (Lipinski definition) is 3. The van der Waals surface area contributed by atoms with Crippen molar-refractivity contribution in [3.05, 3.63) is 23.7 Å². The van der Waals surface area contributed by atoms with Crippen molar-refractivity contribution in [1.82, 2.24) is 10.2 Å². The Labute approximate surface area is 96.6 Å². The van der Waals surface area contributed by atoms with Gasteiger partial charge in [0.15, 0.2) is 0 Å². The van der Waals surface area contributed by atoms with E-state index >= 15 is 0 Å². The lowest BCUT2D eigenvalue weighted by Crippen LogP contribution is -2.35. The first-order valence-corrected chi connectivity index (χ1v) is 5.63. The molecule has 1 heterocycles. The third-order valence-corrected chi connectivity index (χ3v) is 2.32. The van der Waals surface area contributed by atoms with Gasteiger partial charge in [-0.25, -0.2) is 0 Å². The van der Waals surface area contributed by atoms with Crippen LogP contribution in [0, 0.1) is 6.92 Å². The van der Waals surface area contributed by atoms with Gasteiger partial charge in [0.2, 0.25) is 5.91 Å². The molecular formula is C12H20N2O2. The predicted molar refractivity (Wildman–Crippen MR) is 63.1 cm³/mol. The summed E-state index contributed by atoms with van der Waals surface area (Å²) in [5.41, 5.74) is 0. The number of likely N-dealkylation sites (N-methyl/N-ethyl adjacent to an activating group) is 1. The van der Waals surface area contributed by atoms with Gasteiger partial charge in [0.05, 0.1) is 13.1 Å². The summed E-state index contributed by atoms with van der Waals surface area (Å²) in [5.74, 6) is 1.78. The van der Waals surface area contributed by atoms with Crippen LogP contribution in [0.2, 0.25) is 0 Å². The predicted octanol–water partition coefficient (Wildman–Crippen LogP) is 1.55. The van der Waals surface area contributed by atoms with E-state index in [4.69, 9.17) is 4.42 Å². The van der Waals surface area contributed by atoms with Gasteiger partial charge in [0, 0.05) is 7.05 Å². The van der Waals surface area contributed by atoms with Crippen LogP contribution in [-0.4, -0.2) is 30.9 Å². The van der Waals surface area contributed by atoms with E-state index in [1.165, 1.54) is 0 Å². The number of nitrogens with one attached hydrogen (secondary N) is 1. The Morgan fingerprint density at radius 1 is 1.50 bits per heavy atom. The first kappa shape index (κ1) is 12.8. The second-order valence-electron chi connectivity index (χ2n) is 3.94. The first-order chi connectivity index (χ1) is 7.63. The average Bonchev–Trinajstić information content (AvgIpc) is 2.64. The van der Waals surface area contributed by atoms with Crippen LogP contribution in [0.4, 0.5) is 0 Å². The zero-order valence-electron chi connectivity index (χ0n) is 10.2. The van der Waals surface area contributed by atoms with Crippen molar-refractivity contribution in [2.24, 2.45) is 0 Å². The van der Waals surface area contributed by atoms with Crippen molar-refractivity contribution in [1.29, 1.82) is 0 Å².